The number of hydrogen-bond donors (Lipinski definition) is 1. The summed E-state index contributed by atoms with van der Waals surface area (Å²) in [5, 5.41) is 7.20. The third kappa shape index (κ3) is 3.20. The largest absolute Gasteiger partial charge is 0.494 e. The summed E-state index contributed by atoms with van der Waals surface area (Å²) in [6.45, 7) is 3.97. The fraction of sp³-hybridized carbons (Fsp3) is 0.238. The fourth-order valence-corrected chi connectivity index (χ4v) is 3.31. The van der Waals surface area contributed by atoms with Crippen LogP contribution in [-0.4, -0.2) is 34.2 Å². The average molecular weight is 347 g/mol. The molecule has 0 radical (unpaired) electrons. The third-order valence-electron chi connectivity index (χ3n) is 4.69. The van der Waals surface area contributed by atoms with E-state index in [0.29, 0.717) is 18.8 Å². The number of nitrogens with one attached hydrogen (secondary N) is 1. The molecular formula is C21H21N3O2. The van der Waals surface area contributed by atoms with E-state index in [0.717, 1.165) is 30.0 Å². The fourth-order valence-electron chi connectivity index (χ4n) is 3.31. The van der Waals surface area contributed by atoms with Crippen molar-refractivity contribution in [3.8, 4) is 17.0 Å². The lowest BCUT2D eigenvalue weighted by Gasteiger charge is -2.28. The lowest BCUT2D eigenvalue weighted by molar-refractivity contribution is 0.0728. The second-order valence-corrected chi connectivity index (χ2v) is 6.37. The van der Waals surface area contributed by atoms with E-state index in [-0.39, 0.29) is 5.91 Å². The molecule has 0 spiro atoms. The van der Waals surface area contributed by atoms with Gasteiger partial charge in [-0.3, -0.25) is 9.89 Å². The quantitative estimate of drug-likeness (QED) is 0.783. The van der Waals surface area contributed by atoms with Crippen LogP contribution in [-0.2, 0) is 13.0 Å². The molecule has 2 heterocycles. The minimum atomic E-state index is -0.0100. The summed E-state index contributed by atoms with van der Waals surface area (Å²) in [6.07, 6.45) is 0.891. The van der Waals surface area contributed by atoms with Gasteiger partial charge in [-0.05, 0) is 54.8 Å². The monoisotopic (exact) mass is 347 g/mol. The number of ether oxygens (including phenoxy) is 1. The smallest absolute Gasteiger partial charge is 0.272 e. The number of fused-ring (bicyclic) bond motifs is 1. The van der Waals surface area contributed by atoms with E-state index >= 15 is 0 Å². The van der Waals surface area contributed by atoms with Gasteiger partial charge in [-0.15, -0.1) is 0 Å². The van der Waals surface area contributed by atoms with Crippen LogP contribution in [0.3, 0.4) is 0 Å². The Morgan fingerprint density at radius 1 is 1.15 bits per heavy atom. The molecule has 1 amide bonds. The van der Waals surface area contributed by atoms with Crippen molar-refractivity contribution in [2.24, 2.45) is 0 Å². The number of aromatic amines is 1. The molecule has 0 atom stereocenters. The molecule has 0 saturated carbocycles. The maximum absolute atomic E-state index is 12.8. The van der Waals surface area contributed by atoms with E-state index in [1.807, 2.05) is 54.3 Å². The highest BCUT2D eigenvalue weighted by atomic mass is 16.5. The van der Waals surface area contributed by atoms with Crippen LogP contribution < -0.4 is 4.74 Å². The van der Waals surface area contributed by atoms with Crippen LogP contribution in [0, 0.1) is 0 Å². The highest BCUT2D eigenvalue weighted by Gasteiger charge is 2.23. The first-order valence-corrected chi connectivity index (χ1v) is 8.89. The molecule has 26 heavy (non-hydrogen) atoms. The first-order valence-electron chi connectivity index (χ1n) is 8.89. The van der Waals surface area contributed by atoms with Crippen molar-refractivity contribution in [3.05, 3.63) is 71.4 Å². The minimum absolute atomic E-state index is 0.0100. The summed E-state index contributed by atoms with van der Waals surface area (Å²) < 4.78 is 5.46. The molecule has 4 rings (SSSR count). The Bertz CT molecular complexity index is 915. The molecule has 1 aromatic heterocycles. The van der Waals surface area contributed by atoms with Crippen molar-refractivity contribution in [3.63, 3.8) is 0 Å². The number of aromatic nitrogens is 2. The second-order valence-electron chi connectivity index (χ2n) is 6.37. The minimum Gasteiger partial charge on any atom is -0.494 e. The van der Waals surface area contributed by atoms with E-state index in [9.17, 15) is 4.79 Å². The Balaban J connectivity index is 1.50. The van der Waals surface area contributed by atoms with Gasteiger partial charge in [-0.2, -0.15) is 5.10 Å². The summed E-state index contributed by atoms with van der Waals surface area (Å²) in [6, 6.07) is 17.8. The molecule has 5 heteroatoms. The zero-order valence-electron chi connectivity index (χ0n) is 14.7. The van der Waals surface area contributed by atoms with Crippen LogP contribution in [0.25, 0.3) is 11.3 Å². The van der Waals surface area contributed by atoms with Gasteiger partial charge >= 0.3 is 0 Å². The second kappa shape index (κ2) is 7.04. The normalized spacial score (nSPS) is 13.3. The Kier molecular flexibility index (Phi) is 4.44. The number of H-pyrrole nitrogens is 1. The number of rotatable bonds is 4. The van der Waals surface area contributed by atoms with Crippen molar-refractivity contribution in [1.29, 1.82) is 0 Å². The SMILES string of the molecule is CCOc1ccc(-c2cc(C(=O)N3CCc4ccccc4C3)[nH]n2)cc1. The molecule has 5 nitrogen and oxygen atoms in total. The van der Waals surface area contributed by atoms with E-state index in [4.69, 9.17) is 4.74 Å². The van der Waals surface area contributed by atoms with Crippen LogP contribution in [0.4, 0.5) is 0 Å². The highest BCUT2D eigenvalue weighted by molar-refractivity contribution is 5.93. The molecule has 1 aliphatic heterocycles. The zero-order chi connectivity index (χ0) is 17.9. The molecule has 0 saturated heterocycles. The number of amides is 1. The highest BCUT2D eigenvalue weighted by Crippen LogP contribution is 2.23. The van der Waals surface area contributed by atoms with Gasteiger partial charge in [-0.25, -0.2) is 0 Å². The lowest BCUT2D eigenvalue weighted by Crippen LogP contribution is -2.36. The van der Waals surface area contributed by atoms with Gasteiger partial charge in [0.1, 0.15) is 11.4 Å². The van der Waals surface area contributed by atoms with Crippen LogP contribution in [0.2, 0.25) is 0 Å². The third-order valence-corrected chi connectivity index (χ3v) is 4.69. The van der Waals surface area contributed by atoms with E-state index in [2.05, 4.69) is 22.3 Å². The molecule has 0 fully saturated rings. The standard InChI is InChI=1S/C21H21N3O2/c1-2-26-18-9-7-16(8-10-18)19-13-20(23-22-19)21(25)24-12-11-15-5-3-4-6-17(15)14-24/h3-10,13H,2,11-12,14H2,1H3,(H,22,23). The molecule has 3 aromatic rings. The average Bonchev–Trinajstić information content (AvgIpc) is 3.18. The van der Waals surface area contributed by atoms with Gasteiger partial charge in [-0.1, -0.05) is 24.3 Å². The Hall–Kier alpha value is -3.08. The summed E-state index contributed by atoms with van der Waals surface area (Å²) in [7, 11) is 0. The zero-order valence-corrected chi connectivity index (χ0v) is 14.7. The molecule has 0 bridgehead atoms. The number of nitrogens with zero attached hydrogens (tertiary/aromatic N) is 2. The lowest BCUT2D eigenvalue weighted by atomic mass is 10.00. The van der Waals surface area contributed by atoms with Gasteiger partial charge in [0.25, 0.3) is 5.91 Å². The van der Waals surface area contributed by atoms with Gasteiger partial charge in [0.05, 0.1) is 12.3 Å². The van der Waals surface area contributed by atoms with Crippen molar-refractivity contribution >= 4 is 5.91 Å². The van der Waals surface area contributed by atoms with Gasteiger partial charge < -0.3 is 9.64 Å². The van der Waals surface area contributed by atoms with Crippen molar-refractivity contribution < 1.29 is 9.53 Å². The topological polar surface area (TPSA) is 58.2 Å². The van der Waals surface area contributed by atoms with E-state index in [1.54, 1.807) is 0 Å². The van der Waals surface area contributed by atoms with Crippen molar-refractivity contribution in [1.82, 2.24) is 15.1 Å². The maximum atomic E-state index is 12.8. The van der Waals surface area contributed by atoms with E-state index in [1.165, 1.54) is 11.1 Å². The van der Waals surface area contributed by atoms with E-state index < -0.39 is 0 Å². The Labute approximate surface area is 152 Å². The predicted octanol–water partition coefficient (Wildman–Crippen LogP) is 3.67. The summed E-state index contributed by atoms with van der Waals surface area (Å²) in [5.41, 5.74) is 4.78. The number of hydrogen-bond acceptors (Lipinski definition) is 3. The maximum Gasteiger partial charge on any atom is 0.272 e. The van der Waals surface area contributed by atoms with Gasteiger partial charge in [0, 0.05) is 18.7 Å². The molecule has 1 aliphatic rings. The van der Waals surface area contributed by atoms with Crippen molar-refractivity contribution in [2.75, 3.05) is 13.2 Å². The van der Waals surface area contributed by atoms with Crippen LogP contribution in [0.1, 0.15) is 28.5 Å². The molecule has 1 N–H and O–H groups in total. The molecule has 132 valence electrons. The van der Waals surface area contributed by atoms with Crippen molar-refractivity contribution in [2.45, 2.75) is 19.9 Å². The van der Waals surface area contributed by atoms with Crippen LogP contribution >= 0.6 is 0 Å². The van der Waals surface area contributed by atoms with Crippen LogP contribution in [0.15, 0.2) is 54.6 Å². The molecule has 0 unspecified atom stereocenters. The summed E-state index contributed by atoms with van der Waals surface area (Å²) in [4.78, 5) is 14.7. The Morgan fingerprint density at radius 3 is 2.69 bits per heavy atom. The summed E-state index contributed by atoms with van der Waals surface area (Å²) >= 11 is 0. The first kappa shape index (κ1) is 16.4. The molecule has 0 aliphatic carbocycles. The Morgan fingerprint density at radius 2 is 1.92 bits per heavy atom. The number of carbonyl (C=O) groups excluding carboxylic acids is 1. The first-order chi connectivity index (χ1) is 12.7. The van der Waals surface area contributed by atoms with Gasteiger partial charge in [0.2, 0.25) is 0 Å². The predicted molar refractivity (Wildman–Crippen MR) is 100 cm³/mol. The van der Waals surface area contributed by atoms with Crippen LogP contribution in [0.5, 0.6) is 5.75 Å². The molecule has 2 aromatic carbocycles. The number of carbonyl (C=O) groups is 1. The summed E-state index contributed by atoms with van der Waals surface area (Å²) in [5.74, 6) is 0.819. The molecular weight excluding hydrogens is 326 g/mol. The number of benzene rings is 2. The van der Waals surface area contributed by atoms with Gasteiger partial charge in [0.15, 0.2) is 0 Å².